The third-order valence-corrected chi connectivity index (χ3v) is 6.30. The number of hydrogen-bond donors (Lipinski definition) is 4. The highest BCUT2D eigenvalue weighted by Gasteiger charge is 2.35. The Bertz CT molecular complexity index is 1180. The second-order valence-corrected chi connectivity index (χ2v) is 10.0. The molecule has 3 atom stereocenters. The molecule has 1 aromatic carbocycles. The predicted molar refractivity (Wildman–Crippen MR) is 139 cm³/mol. The molecule has 0 saturated carbocycles. The molecular formula is C27H35N5O7. The van der Waals surface area contributed by atoms with E-state index in [-0.39, 0.29) is 31.4 Å². The first-order chi connectivity index (χ1) is 18.6. The molecule has 3 unspecified atom stereocenters. The lowest BCUT2D eigenvalue weighted by atomic mass is 9.98. The smallest absolute Gasteiger partial charge is 0.408 e. The average Bonchev–Trinajstić information content (AvgIpc) is 3.35. The summed E-state index contributed by atoms with van der Waals surface area (Å²) >= 11 is 0. The highest BCUT2D eigenvalue weighted by molar-refractivity contribution is 6.38. The highest BCUT2D eigenvalue weighted by Crippen LogP contribution is 2.14. The third-order valence-electron chi connectivity index (χ3n) is 6.30. The molecule has 210 valence electrons. The zero-order chi connectivity index (χ0) is 28.5. The molecule has 0 fully saturated rings. The number of nitrogens with one attached hydrogen (secondary N) is 4. The van der Waals surface area contributed by atoms with Crippen LogP contribution in [0.5, 0.6) is 0 Å². The van der Waals surface area contributed by atoms with Crippen molar-refractivity contribution < 1.29 is 33.1 Å². The van der Waals surface area contributed by atoms with Gasteiger partial charge in [0.25, 0.3) is 5.91 Å². The monoisotopic (exact) mass is 541 g/mol. The summed E-state index contributed by atoms with van der Waals surface area (Å²) in [6, 6.07) is 5.84. The van der Waals surface area contributed by atoms with Crippen LogP contribution in [0.25, 0.3) is 0 Å². The molecule has 12 nitrogen and oxygen atoms in total. The maximum absolute atomic E-state index is 13.3. The summed E-state index contributed by atoms with van der Waals surface area (Å²) in [6.07, 6.45) is 0.796. The summed E-state index contributed by atoms with van der Waals surface area (Å²) in [6.45, 7) is 7.18. The molecule has 3 rings (SSSR count). The van der Waals surface area contributed by atoms with E-state index in [1.54, 1.807) is 39.8 Å². The van der Waals surface area contributed by atoms with Gasteiger partial charge in [0.15, 0.2) is 6.39 Å². The zero-order valence-corrected chi connectivity index (χ0v) is 22.5. The SMILES string of the molecule is CC(C)C(NC(=O)OCc1ccccc1)C(=O)NC(C(=O)NC1Cc2ocnc2CCNC(=O)C1=O)C(C)C. The van der Waals surface area contributed by atoms with Crippen molar-refractivity contribution in [3.8, 4) is 0 Å². The number of alkyl carbamates (subject to hydrolysis) is 1. The molecule has 0 radical (unpaired) electrons. The van der Waals surface area contributed by atoms with Crippen molar-refractivity contribution >= 4 is 29.6 Å². The number of carbonyl (C=O) groups is 5. The summed E-state index contributed by atoms with van der Waals surface area (Å²) in [5.74, 6) is -3.21. The first-order valence-corrected chi connectivity index (χ1v) is 12.9. The lowest BCUT2D eigenvalue weighted by Crippen LogP contribution is -2.59. The number of aromatic nitrogens is 1. The van der Waals surface area contributed by atoms with E-state index in [4.69, 9.17) is 9.15 Å². The van der Waals surface area contributed by atoms with Crippen molar-refractivity contribution in [1.29, 1.82) is 0 Å². The molecule has 39 heavy (non-hydrogen) atoms. The zero-order valence-electron chi connectivity index (χ0n) is 22.5. The van der Waals surface area contributed by atoms with Gasteiger partial charge in [-0.1, -0.05) is 58.0 Å². The van der Waals surface area contributed by atoms with Crippen LogP contribution in [-0.2, 0) is 43.4 Å². The van der Waals surface area contributed by atoms with Gasteiger partial charge in [-0.15, -0.1) is 0 Å². The summed E-state index contributed by atoms with van der Waals surface area (Å²) in [4.78, 5) is 68.0. The molecule has 0 bridgehead atoms. The van der Waals surface area contributed by atoms with Crippen LogP contribution < -0.4 is 21.3 Å². The second-order valence-electron chi connectivity index (χ2n) is 10.0. The van der Waals surface area contributed by atoms with Crippen LogP contribution in [0, 0.1) is 11.8 Å². The molecule has 2 aromatic rings. The van der Waals surface area contributed by atoms with Crippen molar-refractivity contribution in [3.63, 3.8) is 0 Å². The number of ether oxygens (including phenoxy) is 1. The predicted octanol–water partition coefficient (Wildman–Crippen LogP) is 1.04. The molecular weight excluding hydrogens is 506 g/mol. The number of ketones is 1. The number of carbonyl (C=O) groups excluding carboxylic acids is 5. The summed E-state index contributed by atoms with van der Waals surface area (Å²) in [5, 5.41) is 10.4. The van der Waals surface area contributed by atoms with E-state index in [1.807, 2.05) is 18.2 Å². The number of fused-ring (bicyclic) bond motifs is 1. The fourth-order valence-corrected chi connectivity index (χ4v) is 4.06. The van der Waals surface area contributed by atoms with Crippen molar-refractivity contribution in [2.75, 3.05) is 6.54 Å². The highest BCUT2D eigenvalue weighted by atomic mass is 16.5. The Kier molecular flexibility index (Phi) is 10.2. The Labute approximate surface area is 226 Å². The van der Waals surface area contributed by atoms with E-state index in [1.165, 1.54) is 6.39 Å². The molecule has 0 aliphatic carbocycles. The number of Topliss-reactive ketones (excluding diaryl/α,β-unsaturated/α-hetero) is 1. The molecule has 1 aliphatic heterocycles. The van der Waals surface area contributed by atoms with Crippen LogP contribution in [0.15, 0.2) is 41.1 Å². The number of hydrogen-bond acceptors (Lipinski definition) is 8. The molecule has 0 spiro atoms. The Morgan fingerprint density at radius 1 is 1.03 bits per heavy atom. The second kappa shape index (κ2) is 13.5. The molecule has 2 heterocycles. The van der Waals surface area contributed by atoms with Gasteiger partial charge in [-0.2, -0.15) is 0 Å². The van der Waals surface area contributed by atoms with E-state index in [2.05, 4.69) is 26.3 Å². The first-order valence-electron chi connectivity index (χ1n) is 12.9. The van der Waals surface area contributed by atoms with Crippen molar-refractivity contribution in [1.82, 2.24) is 26.3 Å². The summed E-state index contributed by atoms with van der Waals surface area (Å²) in [7, 11) is 0. The molecule has 0 saturated heterocycles. The van der Waals surface area contributed by atoms with Gasteiger partial charge in [-0.05, 0) is 17.4 Å². The summed E-state index contributed by atoms with van der Waals surface area (Å²) < 4.78 is 10.6. The van der Waals surface area contributed by atoms with Gasteiger partial charge in [0, 0.05) is 19.4 Å². The minimum atomic E-state index is -1.22. The van der Waals surface area contributed by atoms with Crippen LogP contribution >= 0.6 is 0 Å². The van der Waals surface area contributed by atoms with Crippen LogP contribution in [0.3, 0.4) is 0 Å². The van der Waals surface area contributed by atoms with Crippen LogP contribution in [-0.4, -0.2) is 59.3 Å². The molecule has 1 aromatic heterocycles. The van der Waals surface area contributed by atoms with Gasteiger partial charge in [0.05, 0.1) is 5.69 Å². The maximum atomic E-state index is 13.3. The molecule has 1 aliphatic rings. The van der Waals surface area contributed by atoms with Gasteiger partial charge in [-0.3, -0.25) is 19.2 Å². The number of rotatable bonds is 9. The average molecular weight is 542 g/mol. The van der Waals surface area contributed by atoms with Crippen LogP contribution in [0.1, 0.15) is 44.7 Å². The lowest BCUT2D eigenvalue weighted by Gasteiger charge is -2.28. The minimum Gasteiger partial charge on any atom is -0.448 e. The van der Waals surface area contributed by atoms with Gasteiger partial charge < -0.3 is 30.4 Å². The van der Waals surface area contributed by atoms with Crippen molar-refractivity contribution in [2.24, 2.45) is 11.8 Å². The Morgan fingerprint density at radius 2 is 1.69 bits per heavy atom. The van der Waals surface area contributed by atoms with Gasteiger partial charge in [-0.25, -0.2) is 9.78 Å². The standard InChI is InChI=1S/C27H35N5O7/c1-15(2)21(24(34)30-19-12-20-18(29-14-39-20)10-11-28-26(36)23(19)33)31-25(35)22(16(3)4)32-27(37)38-13-17-8-6-5-7-9-17/h5-9,14-16,19,21-22H,10-13H2,1-4H3,(H,28,36)(H,30,34)(H,31,35)(H,32,37). The number of amides is 4. The Balaban J connectivity index is 1.67. The normalized spacial score (nSPS) is 17.1. The Morgan fingerprint density at radius 3 is 2.36 bits per heavy atom. The van der Waals surface area contributed by atoms with Crippen molar-refractivity contribution in [2.45, 2.75) is 65.3 Å². The van der Waals surface area contributed by atoms with Crippen LogP contribution in [0.2, 0.25) is 0 Å². The number of benzene rings is 1. The van der Waals surface area contributed by atoms with Gasteiger partial charge in [0.1, 0.15) is 30.5 Å². The van der Waals surface area contributed by atoms with E-state index >= 15 is 0 Å². The third kappa shape index (κ3) is 8.13. The number of oxazole rings is 1. The Hall–Kier alpha value is -4.22. The minimum absolute atomic E-state index is 0.0338. The van der Waals surface area contributed by atoms with Crippen LogP contribution in [0.4, 0.5) is 4.79 Å². The molecule has 12 heteroatoms. The molecule has 4 N–H and O–H groups in total. The van der Waals surface area contributed by atoms with Gasteiger partial charge >= 0.3 is 6.09 Å². The fraction of sp³-hybridized carbons (Fsp3) is 0.481. The van der Waals surface area contributed by atoms with Crippen molar-refractivity contribution in [3.05, 3.63) is 53.7 Å². The van der Waals surface area contributed by atoms with E-state index in [0.29, 0.717) is 17.9 Å². The largest absolute Gasteiger partial charge is 0.448 e. The quantitative estimate of drug-likeness (QED) is 0.341. The molecule has 4 amide bonds. The fourth-order valence-electron chi connectivity index (χ4n) is 4.06. The van der Waals surface area contributed by atoms with Gasteiger partial charge in [0.2, 0.25) is 17.6 Å². The topological polar surface area (TPSA) is 169 Å². The summed E-state index contributed by atoms with van der Waals surface area (Å²) in [5.41, 5.74) is 1.38. The maximum Gasteiger partial charge on any atom is 0.408 e. The first kappa shape index (κ1) is 29.3. The number of nitrogens with zero attached hydrogens (tertiary/aromatic N) is 1. The lowest BCUT2D eigenvalue weighted by molar-refractivity contribution is -0.140. The van der Waals surface area contributed by atoms with E-state index < -0.39 is 47.7 Å². The van der Waals surface area contributed by atoms with E-state index in [9.17, 15) is 24.0 Å². The van der Waals surface area contributed by atoms with E-state index in [0.717, 1.165) is 5.56 Å².